The molecule has 0 unspecified atom stereocenters. The van der Waals surface area contributed by atoms with Crippen LogP contribution < -0.4 is 10.1 Å². The van der Waals surface area contributed by atoms with Gasteiger partial charge in [0, 0.05) is 5.69 Å². The Hall–Kier alpha value is -2.47. The molecule has 0 spiro atoms. The van der Waals surface area contributed by atoms with E-state index in [1.807, 2.05) is 26.0 Å². The lowest BCUT2D eigenvalue weighted by molar-refractivity contribution is 0.102. The van der Waals surface area contributed by atoms with Gasteiger partial charge >= 0.3 is 0 Å². The summed E-state index contributed by atoms with van der Waals surface area (Å²) in [4.78, 5) is 21.2. The van der Waals surface area contributed by atoms with Crippen LogP contribution in [0.5, 0.6) is 5.75 Å². The lowest BCUT2D eigenvalue weighted by Crippen LogP contribution is -2.12. The number of nitrogens with zero attached hydrogens (tertiary/aromatic N) is 2. The van der Waals surface area contributed by atoms with Crippen molar-refractivity contribution in [2.45, 2.75) is 13.8 Å². The Morgan fingerprint density at radius 1 is 1.23 bits per heavy atom. The van der Waals surface area contributed by atoms with E-state index in [0.717, 1.165) is 16.0 Å². The third-order valence-electron chi connectivity index (χ3n) is 3.25. The first-order valence-corrected chi connectivity index (χ1v) is 7.59. The highest BCUT2D eigenvalue weighted by Crippen LogP contribution is 2.29. The number of hydrogen-bond acceptors (Lipinski definition) is 5. The summed E-state index contributed by atoms with van der Waals surface area (Å²) in [6.45, 7) is 3.94. The fourth-order valence-electron chi connectivity index (χ4n) is 2.27. The number of aryl methyl sites for hydroxylation is 2. The molecule has 0 fully saturated rings. The minimum absolute atomic E-state index is 0.245. The lowest BCUT2D eigenvalue weighted by atomic mass is 10.2. The Labute approximate surface area is 132 Å². The van der Waals surface area contributed by atoms with Crippen LogP contribution in [0.4, 0.5) is 5.13 Å². The topological polar surface area (TPSA) is 64.1 Å². The highest BCUT2D eigenvalue weighted by molar-refractivity contribution is 7.22. The van der Waals surface area contributed by atoms with Crippen molar-refractivity contribution in [3.05, 3.63) is 47.2 Å². The van der Waals surface area contributed by atoms with Crippen molar-refractivity contribution in [2.75, 3.05) is 12.4 Å². The summed E-state index contributed by atoms with van der Waals surface area (Å²) < 4.78 is 6.19. The van der Waals surface area contributed by atoms with Crippen LogP contribution in [0.15, 0.2) is 30.3 Å². The van der Waals surface area contributed by atoms with Gasteiger partial charge in [-0.15, -0.1) is 0 Å². The van der Waals surface area contributed by atoms with E-state index in [2.05, 4.69) is 15.3 Å². The van der Waals surface area contributed by atoms with Gasteiger partial charge in [0.2, 0.25) is 0 Å². The van der Waals surface area contributed by atoms with Crippen LogP contribution in [0, 0.1) is 13.8 Å². The first-order chi connectivity index (χ1) is 10.6. The van der Waals surface area contributed by atoms with Crippen LogP contribution in [-0.4, -0.2) is 23.0 Å². The van der Waals surface area contributed by atoms with Gasteiger partial charge in [0.1, 0.15) is 5.75 Å². The lowest BCUT2D eigenvalue weighted by Gasteiger charge is -2.06. The Morgan fingerprint density at radius 3 is 2.77 bits per heavy atom. The van der Waals surface area contributed by atoms with Crippen LogP contribution in [0.25, 0.3) is 10.3 Å². The number of benzene rings is 1. The Balaban J connectivity index is 1.93. The number of nitrogens with one attached hydrogen (secondary N) is 1. The number of aromatic nitrogens is 2. The predicted molar refractivity (Wildman–Crippen MR) is 87.8 cm³/mol. The van der Waals surface area contributed by atoms with Gasteiger partial charge in [-0.25, -0.2) is 4.98 Å². The molecule has 3 aromatic rings. The molecule has 1 aromatic carbocycles. The summed E-state index contributed by atoms with van der Waals surface area (Å²) in [6.07, 6.45) is 0. The number of anilines is 1. The number of hydrogen-bond donors (Lipinski definition) is 1. The number of ether oxygens (including phenoxy) is 1. The maximum atomic E-state index is 12.4. The largest absolute Gasteiger partial charge is 0.496 e. The van der Waals surface area contributed by atoms with Gasteiger partial charge in [-0.2, -0.15) is 4.98 Å². The monoisotopic (exact) mass is 313 g/mol. The summed E-state index contributed by atoms with van der Waals surface area (Å²) in [7, 11) is 1.54. The van der Waals surface area contributed by atoms with Crippen molar-refractivity contribution in [2.24, 2.45) is 0 Å². The fraction of sp³-hybridized carbons (Fsp3) is 0.188. The minimum Gasteiger partial charge on any atom is -0.496 e. The van der Waals surface area contributed by atoms with E-state index in [-0.39, 0.29) is 5.91 Å². The van der Waals surface area contributed by atoms with Gasteiger partial charge in [-0.3, -0.25) is 10.1 Å². The Bertz CT molecular complexity index is 858. The van der Waals surface area contributed by atoms with Gasteiger partial charge in [0.05, 0.1) is 17.4 Å². The molecular formula is C16H15N3O2S. The van der Waals surface area contributed by atoms with Crippen LogP contribution in [0.3, 0.4) is 0 Å². The first-order valence-electron chi connectivity index (χ1n) is 6.77. The maximum absolute atomic E-state index is 12.4. The molecule has 0 aliphatic carbocycles. The SMILES string of the molecule is COc1ccccc1C(=O)Nc1nc2nc(C)cc(C)c2s1. The predicted octanol–water partition coefficient (Wildman–Crippen LogP) is 3.57. The number of rotatable bonds is 3. The number of fused-ring (bicyclic) bond motifs is 1. The molecule has 1 N–H and O–H groups in total. The molecule has 2 aromatic heterocycles. The van der Waals surface area contributed by atoms with Crippen molar-refractivity contribution in [3.8, 4) is 5.75 Å². The standard InChI is InChI=1S/C16H15N3O2S/c1-9-8-10(2)17-14-13(9)22-16(18-14)19-15(20)11-6-4-5-7-12(11)21-3/h4-8H,1-3H3,(H,17,18,19,20). The summed E-state index contributed by atoms with van der Waals surface area (Å²) in [5.41, 5.74) is 3.17. The summed E-state index contributed by atoms with van der Waals surface area (Å²) in [5, 5.41) is 3.35. The summed E-state index contributed by atoms with van der Waals surface area (Å²) in [5.74, 6) is 0.289. The number of pyridine rings is 1. The van der Waals surface area contributed by atoms with Crippen LogP contribution in [-0.2, 0) is 0 Å². The second-order valence-electron chi connectivity index (χ2n) is 4.91. The Kier molecular flexibility index (Phi) is 3.77. The fourth-order valence-corrected chi connectivity index (χ4v) is 3.14. The zero-order chi connectivity index (χ0) is 15.7. The average Bonchev–Trinajstić information content (AvgIpc) is 2.89. The zero-order valence-corrected chi connectivity index (χ0v) is 13.3. The Morgan fingerprint density at radius 2 is 2.00 bits per heavy atom. The van der Waals surface area contributed by atoms with E-state index in [1.165, 1.54) is 11.3 Å². The van der Waals surface area contributed by atoms with Crippen molar-refractivity contribution >= 4 is 32.7 Å². The van der Waals surface area contributed by atoms with Crippen molar-refractivity contribution in [1.29, 1.82) is 0 Å². The number of thiazole rings is 1. The van der Waals surface area contributed by atoms with Crippen molar-refractivity contribution in [3.63, 3.8) is 0 Å². The molecule has 0 aliphatic heterocycles. The molecule has 6 heteroatoms. The second-order valence-corrected chi connectivity index (χ2v) is 5.91. The van der Waals surface area contributed by atoms with Gasteiger partial charge in [0.15, 0.2) is 10.8 Å². The van der Waals surface area contributed by atoms with E-state index >= 15 is 0 Å². The molecule has 0 aliphatic rings. The molecule has 22 heavy (non-hydrogen) atoms. The quantitative estimate of drug-likeness (QED) is 0.803. The minimum atomic E-state index is -0.245. The molecule has 5 nitrogen and oxygen atoms in total. The molecule has 112 valence electrons. The number of amides is 1. The van der Waals surface area contributed by atoms with Gasteiger partial charge in [-0.1, -0.05) is 23.5 Å². The highest BCUT2D eigenvalue weighted by atomic mass is 32.1. The van der Waals surface area contributed by atoms with Crippen molar-refractivity contribution in [1.82, 2.24) is 9.97 Å². The highest BCUT2D eigenvalue weighted by Gasteiger charge is 2.15. The zero-order valence-electron chi connectivity index (χ0n) is 12.5. The van der Waals surface area contributed by atoms with Crippen molar-refractivity contribution < 1.29 is 9.53 Å². The van der Waals surface area contributed by atoms with E-state index in [4.69, 9.17) is 4.74 Å². The molecule has 1 amide bonds. The molecule has 0 saturated heterocycles. The van der Waals surface area contributed by atoms with Gasteiger partial charge in [-0.05, 0) is 37.6 Å². The smallest absolute Gasteiger partial charge is 0.261 e. The third kappa shape index (κ3) is 2.65. The number of para-hydroxylation sites is 1. The molecular weight excluding hydrogens is 298 g/mol. The number of carbonyl (C=O) groups excluding carboxylic acids is 1. The van der Waals surface area contributed by atoms with E-state index in [9.17, 15) is 4.79 Å². The second kappa shape index (κ2) is 5.73. The third-order valence-corrected chi connectivity index (χ3v) is 4.34. The number of methoxy groups -OCH3 is 1. The average molecular weight is 313 g/mol. The van der Waals surface area contributed by atoms with Crippen LogP contribution in [0.1, 0.15) is 21.6 Å². The number of carbonyl (C=O) groups is 1. The molecule has 0 radical (unpaired) electrons. The molecule has 2 heterocycles. The molecule has 0 bridgehead atoms. The maximum Gasteiger partial charge on any atom is 0.261 e. The summed E-state index contributed by atoms with van der Waals surface area (Å²) >= 11 is 1.42. The summed E-state index contributed by atoms with van der Waals surface area (Å²) in [6, 6.07) is 9.10. The van der Waals surface area contributed by atoms with Gasteiger partial charge in [0.25, 0.3) is 5.91 Å². The molecule has 0 atom stereocenters. The van der Waals surface area contributed by atoms with Crippen LogP contribution >= 0.6 is 11.3 Å². The first kappa shape index (κ1) is 14.5. The molecule has 3 rings (SSSR count). The van der Waals surface area contributed by atoms with E-state index < -0.39 is 0 Å². The molecule has 0 saturated carbocycles. The van der Waals surface area contributed by atoms with Crippen LogP contribution in [0.2, 0.25) is 0 Å². The van der Waals surface area contributed by atoms with E-state index in [1.54, 1.807) is 25.3 Å². The normalized spacial score (nSPS) is 10.7. The van der Waals surface area contributed by atoms with Gasteiger partial charge < -0.3 is 4.74 Å². The van der Waals surface area contributed by atoms with E-state index in [0.29, 0.717) is 22.1 Å².